The summed E-state index contributed by atoms with van der Waals surface area (Å²) in [6, 6.07) is 4.18. The van der Waals surface area contributed by atoms with E-state index in [1.165, 1.54) is 12.0 Å². The third-order valence-corrected chi connectivity index (χ3v) is 2.59. The largest absolute Gasteiger partial charge is 0.246 e. The molecule has 0 aromatic carbocycles. The van der Waals surface area contributed by atoms with E-state index in [2.05, 4.69) is 47.8 Å². The zero-order valence-corrected chi connectivity index (χ0v) is 12.1. The molecule has 1 rings (SSSR count). The number of pyridine rings is 1. The van der Waals surface area contributed by atoms with E-state index in [1.54, 1.807) is 0 Å². The number of aryl methyl sites for hydroxylation is 2. The summed E-state index contributed by atoms with van der Waals surface area (Å²) in [4.78, 5) is 4.37. The van der Waals surface area contributed by atoms with Crippen molar-refractivity contribution in [2.45, 2.75) is 47.5 Å². The highest BCUT2D eigenvalue weighted by molar-refractivity contribution is 9.10. The van der Waals surface area contributed by atoms with Crippen LogP contribution in [0.3, 0.4) is 0 Å². The van der Waals surface area contributed by atoms with Gasteiger partial charge in [0, 0.05) is 5.69 Å². The topological polar surface area (TPSA) is 12.9 Å². The number of rotatable bonds is 3. The number of aromatic nitrogens is 1. The second-order valence-electron chi connectivity index (χ2n) is 3.81. The first kappa shape index (κ1) is 14.6. The average Bonchev–Trinajstić information content (AvgIpc) is 2.19. The van der Waals surface area contributed by atoms with E-state index in [1.807, 2.05) is 19.9 Å². The molecule has 15 heavy (non-hydrogen) atoms. The van der Waals surface area contributed by atoms with Gasteiger partial charge in [-0.3, -0.25) is 0 Å². The first-order valence-corrected chi connectivity index (χ1v) is 6.51. The van der Waals surface area contributed by atoms with Gasteiger partial charge in [0.2, 0.25) is 0 Å². The highest BCUT2D eigenvalue weighted by Crippen LogP contribution is 2.15. The van der Waals surface area contributed by atoms with Crippen LogP contribution < -0.4 is 0 Å². The summed E-state index contributed by atoms with van der Waals surface area (Å²) in [6.07, 6.45) is 2.38. The van der Waals surface area contributed by atoms with E-state index in [0.717, 1.165) is 22.6 Å². The molecule has 0 aliphatic rings. The molecule has 0 amide bonds. The van der Waals surface area contributed by atoms with Gasteiger partial charge < -0.3 is 0 Å². The zero-order valence-electron chi connectivity index (χ0n) is 10.5. The third-order valence-electron chi connectivity index (χ3n) is 2.15. The fraction of sp³-hybridized carbons (Fsp3) is 0.615. The van der Waals surface area contributed by atoms with Gasteiger partial charge in [-0.1, -0.05) is 33.8 Å². The van der Waals surface area contributed by atoms with E-state index in [0.29, 0.717) is 0 Å². The molecule has 0 bridgehead atoms. The van der Waals surface area contributed by atoms with Crippen molar-refractivity contribution in [1.82, 2.24) is 4.98 Å². The zero-order chi connectivity index (χ0) is 11.8. The van der Waals surface area contributed by atoms with Crippen molar-refractivity contribution < 1.29 is 0 Å². The van der Waals surface area contributed by atoms with Gasteiger partial charge in [-0.15, -0.1) is 0 Å². The van der Waals surface area contributed by atoms with Crippen LogP contribution in [0, 0.1) is 12.8 Å². The lowest BCUT2D eigenvalue weighted by atomic mass is 10.0. The summed E-state index contributed by atoms with van der Waals surface area (Å²) < 4.78 is 0.929. The fourth-order valence-electron chi connectivity index (χ4n) is 1.27. The molecular formula is C13H22BrN. The Morgan fingerprint density at radius 3 is 2.33 bits per heavy atom. The van der Waals surface area contributed by atoms with Crippen molar-refractivity contribution in [3.63, 3.8) is 0 Å². The fourth-order valence-corrected chi connectivity index (χ4v) is 1.67. The van der Waals surface area contributed by atoms with Gasteiger partial charge in [0.1, 0.15) is 4.60 Å². The van der Waals surface area contributed by atoms with Crippen molar-refractivity contribution in [2.75, 3.05) is 0 Å². The Morgan fingerprint density at radius 1 is 1.27 bits per heavy atom. The van der Waals surface area contributed by atoms with Gasteiger partial charge in [0.15, 0.2) is 0 Å². The van der Waals surface area contributed by atoms with Crippen molar-refractivity contribution in [1.29, 1.82) is 0 Å². The van der Waals surface area contributed by atoms with Crippen molar-refractivity contribution in [2.24, 2.45) is 5.92 Å². The van der Waals surface area contributed by atoms with Crippen molar-refractivity contribution in [3.05, 3.63) is 28.0 Å². The Kier molecular flexibility index (Phi) is 7.67. The summed E-state index contributed by atoms with van der Waals surface area (Å²) >= 11 is 3.37. The van der Waals surface area contributed by atoms with Gasteiger partial charge >= 0.3 is 0 Å². The van der Waals surface area contributed by atoms with Crippen LogP contribution in [-0.4, -0.2) is 4.98 Å². The Hall–Kier alpha value is -0.370. The lowest BCUT2D eigenvalue weighted by molar-refractivity contribution is 0.584. The Bertz CT molecular complexity index is 282. The second-order valence-corrected chi connectivity index (χ2v) is 4.62. The maximum absolute atomic E-state index is 4.37. The SMILES string of the molecule is CC.Cc1nc(Br)ccc1CCC(C)C. The first-order valence-electron chi connectivity index (χ1n) is 5.71. The minimum atomic E-state index is 0.767. The number of nitrogens with zero attached hydrogens (tertiary/aromatic N) is 1. The molecule has 0 atom stereocenters. The highest BCUT2D eigenvalue weighted by atomic mass is 79.9. The summed E-state index contributed by atoms with van der Waals surface area (Å²) in [7, 11) is 0. The molecule has 0 aliphatic carbocycles. The van der Waals surface area contributed by atoms with E-state index in [9.17, 15) is 0 Å². The lowest BCUT2D eigenvalue weighted by Gasteiger charge is -2.07. The number of halogens is 1. The Balaban J connectivity index is 0.000000921. The smallest absolute Gasteiger partial charge is 0.106 e. The molecule has 0 saturated carbocycles. The number of hydrogen-bond acceptors (Lipinski definition) is 1. The molecule has 1 nitrogen and oxygen atoms in total. The maximum atomic E-state index is 4.37. The average molecular weight is 272 g/mol. The Morgan fingerprint density at radius 2 is 1.87 bits per heavy atom. The van der Waals surface area contributed by atoms with Crippen LogP contribution in [0.4, 0.5) is 0 Å². The van der Waals surface area contributed by atoms with Gasteiger partial charge in [-0.2, -0.15) is 0 Å². The maximum Gasteiger partial charge on any atom is 0.106 e. The molecule has 0 saturated heterocycles. The van der Waals surface area contributed by atoms with Crippen LogP contribution in [0.25, 0.3) is 0 Å². The van der Waals surface area contributed by atoms with E-state index < -0.39 is 0 Å². The molecule has 0 radical (unpaired) electrons. The van der Waals surface area contributed by atoms with E-state index in [4.69, 9.17) is 0 Å². The van der Waals surface area contributed by atoms with Gasteiger partial charge in [0.05, 0.1) is 0 Å². The molecule has 1 aromatic heterocycles. The molecule has 0 spiro atoms. The monoisotopic (exact) mass is 271 g/mol. The molecular weight excluding hydrogens is 250 g/mol. The van der Waals surface area contributed by atoms with Crippen molar-refractivity contribution >= 4 is 15.9 Å². The third kappa shape index (κ3) is 5.93. The first-order chi connectivity index (χ1) is 7.09. The number of hydrogen-bond donors (Lipinski definition) is 0. The molecule has 0 fully saturated rings. The predicted molar refractivity (Wildman–Crippen MR) is 71.2 cm³/mol. The summed E-state index contributed by atoms with van der Waals surface area (Å²) in [5.74, 6) is 0.767. The molecule has 1 heterocycles. The van der Waals surface area contributed by atoms with Crippen LogP contribution in [0.2, 0.25) is 0 Å². The molecule has 0 N–H and O–H groups in total. The Labute approximate surface area is 102 Å². The van der Waals surface area contributed by atoms with Gasteiger partial charge in [-0.05, 0) is 53.2 Å². The van der Waals surface area contributed by atoms with E-state index in [-0.39, 0.29) is 0 Å². The van der Waals surface area contributed by atoms with Gasteiger partial charge in [0.25, 0.3) is 0 Å². The van der Waals surface area contributed by atoms with Crippen LogP contribution in [0.5, 0.6) is 0 Å². The van der Waals surface area contributed by atoms with Crippen molar-refractivity contribution in [3.8, 4) is 0 Å². The summed E-state index contributed by atoms with van der Waals surface area (Å²) in [6.45, 7) is 10.6. The molecule has 2 heteroatoms. The standard InChI is InChI=1S/C11H16BrN.C2H6/c1-8(2)4-5-10-6-7-11(12)13-9(10)3;1-2/h6-8H,4-5H2,1-3H3;1-2H3. The summed E-state index contributed by atoms with van der Waals surface area (Å²) in [5.41, 5.74) is 2.52. The predicted octanol–water partition coefficient (Wildman–Crippen LogP) is 4.77. The minimum Gasteiger partial charge on any atom is -0.246 e. The normalized spacial score (nSPS) is 9.80. The lowest BCUT2D eigenvalue weighted by Crippen LogP contribution is -1.96. The molecule has 0 unspecified atom stereocenters. The molecule has 1 aromatic rings. The quantitative estimate of drug-likeness (QED) is 0.722. The minimum absolute atomic E-state index is 0.767. The molecule has 86 valence electrons. The molecule has 0 aliphatic heterocycles. The van der Waals surface area contributed by atoms with Crippen LogP contribution in [-0.2, 0) is 6.42 Å². The van der Waals surface area contributed by atoms with Crippen LogP contribution in [0.15, 0.2) is 16.7 Å². The summed E-state index contributed by atoms with van der Waals surface area (Å²) in [5, 5.41) is 0. The second kappa shape index (κ2) is 7.86. The van der Waals surface area contributed by atoms with E-state index >= 15 is 0 Å². The van der Waals surface area contributed by atoms with Crippen LogP contribution in [0.1, 0.15) is 45.4 Å². The van der Waals surface area contributed by atoms with Gasteiger partial charge in [-0.25, -0.2) is 4.98 Å². The van der Waals surface area contributed by atoms with Crippen LogP contribution >= 0.6 is 15.9 Å². The highest BCUT2D eigenvalue weighted by Gasteiger charge is 2.01.